The highest BCUT2D eigenvalue weighted by Crippen LogP contribution is 2.24. The van der Waals surface area contributed by atoms with E-state index in [0.717, 1.165) is 5.52 Å². The average Bonchev–Trinajstić information content (AvgIpc) is 3.43. The zero-order chi connectivity index (χ0) is 23.0. The molecular formula is C21H22FN7O3S. The standard InChI is InChI=1S/C21H22FN7O3S/c1-2-28-19-7-6-17(33(30,31)27-8-10-32-11-9-27)13-18(19)23-20(28)14-29-25-21(24-26-29)15-4-3-5-16(22)12-15/h3-7,12-13H,2,8-11,14H2,1H3. The molecule has 0 bridgehead atoms. The lowest BCUT2D eigenvalue weighted by atomic mass is 10.2. The highest BCUT2D eigenvalue weighted by Gasteiger charge is 2.27. The summed E-state index contributed by atoms with van der Waals surface area (Å²) in [5.41, 5.74) is 1.92. The quantitative estimate of drug-likeness (QED) is 0.423. The molecule has 10 nitrogen and oxygen atoms in total. The molecular weight excluding hydrogens is 449 g/mol. The van der Waals surface area contributed by atoms with Crippen LogP contribution in [0, 0.1) is 5.82 Å². The predicted octanol–water partition coefficient (Wildman–Crippen LogP) is 1.92. The van der Waals surface area contributed by atoms with Crippen molar-refractivity contribution in [2.45, 2.75) is 24.9 Å². The number of aromatic nitrogens is 6. The van der Waals surface area contributed by atoms with E-state index in [4.69, 9.17) is 4.74 Å². The van der Waals surface area contributed by atoms with Crippen molar-refractivity contribution in [3.63, 3.8) is 0 Å². The fraction of sp³-hybridized carbons (Fsp3) is 0.333. The summed E-state index contributed by atoms with van der Waals surface area (Å²) >= 11 is 0. The largest absolute Gasteiger partial charge is 0.379 e. The number of nitrogens with zero attached hydrogens (tertiary/aromatic N) is 7. The maximum absolute atomic E-state index is 13.5. The van der Waals surface area contributed by atoms with Gasteiger partial charge in [0.05, 0.1) is 29.1 Å². The van der Waals surface area contributed by atoms with E-state index in [1.165, 1.54) is 21.2 Å². The lowest BCUT2D eigenvalue weighted by Gasteiger charge is -2.26. The monoisotopic (exact) mass is 471 g/mol. The molecule has 33 heavy (non-hydrogen) atoms. The number of tetrazole rings is 1. The van der Waals surface area contributed by atoms with Gasteiger partial charge in [-0.3, -0.25) is 0 Å². The summed E-state index contributed by atoms with van der Waals surface area (Å²) < 4.78 is 48.2. The first-order valence-corrected chi connectivity index (χ1v) is 12.0. The van der Waals surface area contributed by atoms with Gasteiger partial charge in [-0.2, -0.15) is 9.10 Å². The molecule has 1 aliphatic rings. The number of hydrogen-bond donors (Lipinski definition) is 0. The molecule has 3 heterocycles. The molecule has 0 amide bonds. The topological polar surface area (TPSA) is 108 Å². The van der Waals surface area contributed by atoms with Crippen LogP contribution in [0.1, 0.15) is 12.7 Å². The highest BCUT2D eigenvalue weighted by molar-refractivity contribution is 7.89. The normalized spacial score (nSPS) is 15.3. The fourth-order valence-corrected chi connectivity index (χ4v) is 5.34. The van der Waals surface area contributed by atoms with E-state index in [1.54, 1.807) is 30.3 Å². The fourth-order valence-electron chi connectivity index (χ4n) is 3.91. The molecule has 1 saturated heterocycles. The van der Waals surface area contributed by atoms with Gasteiger partial charge in [-0.25, -0.2) is 17.8 Å². The van der Waals surface area contributed by atoms with Crippen molar-refractivity contribution in [2.75, 3.05) is 26.3 Å². The number of halogens is 1. The first kappa shape index (κ1) is 21.6. The van der Waals surface area contributed by atoms with Crippen LogP contribution < -0.4 is 0 Å². The van der Waals surface area contributed by atoms with E-state index in [1.807, 2.05) is 11.5 Å². The summed E-state index contributed by atoms with van der Waals surface area (Å²) in [5.74, 6) is 0.601. The number of rotatable bonds is 6. The van der Waals surface area contributed by atoms with Crippen LogP contribution in [0.4, 0.5) is 4.39 Å². The van der Waals surface area contributed by atoms with Gasteiger partial charge >= 0.3 is 0 Å². The van der Waals surface area contributed by atoms with Crippen molar-refractivity contribution in [1.29, 1.82) is 0 Å². The van der Waals surface area contributed by atoms with Gasteiger partial charge in [0.15, 0.2) is 0 Å². The van der Waals surface area contributed by atoms with Crippen LogP contribution >= 0.6 is 0 Å². The van der Waals surface area contributed by atoms with Crippen molar-refractivity contribution < 1.29 is 17.5 Å². The van der Waals surface area contributed by atoms with E-state index in [9.17, 15) is 12.8 Å². The molecule has 4 aromatic rings. The minimum Gasteiger partial charge on any atom is -0.379 e. The first-order chi connectivity index (χ1) is 16.0. The molecule has 172 valence electrons. The predicted molar refractivity (Wildman–Crippen MR) is 117 cm³/mol. The Kier molecular flexibility index (Phi) is 5.64. The maximum Gasteiger partial charge on any atom is 0.243 e. The summed E-state index contributed by atoms with van der Waals surface area (Å²) in [6.07, 6.45) is 0. The number of benzene rings is 2. The molecule has 5 rings (SSSR count). The molecule has 2 aromatic carbocycles. The Balaban J connectivity index is 1.45. The number of aryl methyl sites for hydroxylation is 1. The van der Waals surface area contributed by atoms with E-state index < -0.39 is 10.0 Å². The van der Waals surface area contributed by atoms with Gasteiger partial charge in [0, 0.05) is 25.2 Å². The third-order valence-electron chi connectivity index (χ3n) is 5.54. The Morgan fingerprint density at radius 1 is 1.12 bits per heavy atom. The van der Waals surface area contributed by atoms with Gasteiger partial charge in [-0.1, -0.05) is 12.1 Å². The Morgan fingerprint density at radius 3 is 2.70 bits per heavy atom. The molecule has 1 aliphatic heterocycles. The van der Waals surface area contributed by atoms with Crippen molar-refractivity contribution >= 4 is 21.1 Å². The zero-order valence-electron chi connectivity index (χ0n) is 17.9. The molecule has 0 N–H and O–H groups in total. The maximum atomic E-state index is 13.5. The van der Waals surface area contributed by atoms with Gasteiger partial charge in [0.25, 0.3) is 0 Å². The molecule has 1 fully saturated rings. The van der Waals surface area contributed by atoms with E-state index >= 15 is 0 Å². The van der Waals surface area contributed by atoms with Crippen LogP contribution in [0.3, 0.4) is 0 Å². The van der Waals surface area contributed by atoms with E-state index in [0.29, 0.717) is 55.6 Å². The second-order valence-corrected chi connectivity index (χ2v) is 9.53. The third kappa shape index (κ3) is 4.12. The molecule has 12 heteroatoms. The van der Waals surface area contributed by atoms with Gasteiger partial charge in [-0.15, -0.1) is 10.2 Å². The Labute approximate surface area is 189 Å². The second kappa shape index (κ2) is 8.61. The number of ether oxygens (including phenoxy) is 1. The van der Waals surface area contributed by atoms with E-state index in [-0.39, 0.29) is 17.3 Å². The molecule has 0 radical (unpaired) electrons. The third-order valence-corrected chi connectivity index (χ3v) is 7.44. The molecule has 0 unspecified atom stereocenters. The number of sulfonamides is 1. The van der Waals surface area contributed by atoms with Crippen LogP contribution in [-0.4, -0.2) is 68.8 Å². The summed E-state index contributed by atoms with van der Waals surface area (Å²) in [7, 11) is -3.62. The lowest BCUT2D eigenvalue weighted by Crippen LogP contribution is -2.40. The summed E-state index contributed by atoms with van der Waals surface area (Å²) in [6.45, 7) is 4.29. The smallest absolute Gasteiger partial charge is 0.243 e. The van der Waals surface area contributed by atoms with Gasteiger partial charge < -0.3 is 9.30 Å². The minimum atomic E-state index is -3.62. The molecule has 0 aliphatic carbocycles. The number of fused-ring (bicyclic) bond motifs is 1. The summed E-state index contributed by atoms with van der Waals surface area (Å²) in [5, 5.41) is 12.4. The minimum absolute atomic E-state index is 0.205. The van der Waals surface area contributed by atoms with E-state index in [2.05, 4.69) is 20.4 Å². The zero-order valence-corrected chi connectivity index (χ0v) is 18.7. The molecule has 0 atom stereocenters. The molecule has 0 spiro atoms. The van der Waals surface area contributed by atoms with Gasteiger partial charge in [-0.05, 0) is 42.5 Å². The molecule has 2 aromatic heterocycles. The average molecular weight is 472 g/mol. The Hall–Kier alpha value is -3.22. The van der Waals surface area contributed by atoms with Crippen LogP contribution in [0.25, 0.3) is 22.4 Å². The lowest BCUT2D eigenvalue weighted by molar-refractivity contribution is 0.0730. The Bertz CT molecular complexity index is 1410. The van der Waals surface area contributed by atoms with Crippen molar-refractivity contribution in [3.05, 3.63) is 54.1 Å². The number of imidazole rings is 1. The highest BCUT2D eigenvalue weighted by atomic mass is 32.2. The number of hydrogen-bond acceptors (Lipinski definition) is 7. The van der Waals surface area contributed by atoms with Crippen LogP contribution in [-0.2, 0) is 27.8 Å². The van der Waals surface area contributed by atoms with Crippen LogP contribution in [0.5, 0.6) is 0 Å². The second-order valence-electron chi connectivity index (χ2n) is 7.59. The summed E-state index contributed by atoms with van der Waals surface area (Å²) in [4.78, 5) is 6.25. The molecule has 0 saturated carbocycles. The van der Waals surface area contributed by atoms with Crippen molar-refractivity contribution in [3.8, 4) is 11.4 Å². The summed E-state index contributed by atoms with van der Waals surface area (Å²) in [6, 6.07) is 11.0. The Morgan fingerprint density at radius 2 is 1.94 bits per heavy atom. The first-order valence-electron chi connectivity index (χ1n) is 10.6. The van der Waals surface area contributed by atoms with Crippen molar-refractivity contribution in [1.82, 2.24) is 34.1 Å². The van der Waals surface area contributed by atoms with Crippen LogP contribution in [0.15, 0.2) is 47.4 Å². The van der Waals surface area contributed by atoms with Gasteiger partial charge in [0.2, 0.25) is 15.8 Å². The SMILES string of the molecule is CCn1c(Cn2nnc(-c3cccc(F)c3)n2)nc2cc(S(=O)(=O)N3CCOCC3)ccc21. The number of morpholine rings is 1. The van der Waals surface area contributed by atoms with Crippen molar-refractivity contribution in [2.24, 2.45) is 0 Å². The van der Waals surface area contributed by atoms with Crippen LogP contribution in [0.2, 0.25) is 0 Å². The van der Waals surface area contributed by atoms with Gasteiger partial charge in [0.1, 0.15) is 18.2 Å².